The molecule has 0 saturated carbocycles. The van der Waals surface area contributed by atoms with Gasteiger partial charge in [-0.3, -0.25) is 4.79 Å². The van der Waals surface area contributed by atoms with Gasteiger partial charge in [0.05, 0.1) is 5.92 Å². The Kier molecular flexibility index (Phi) is 5.09. The highest BCUT2D eigenvalue weighted by Gasteiger charge is 2.24. The van der Waals surface area contributed by atoms with Crippen molar-refractivity contribution in [2.45, 2.75) is 25.7 Å². The van der Waals surface area contributed by atoms with Crippen LogP contribution in [0.2, 0.25) is 0 Å². The first kappa shape index (κ1) is 15.9. The van der Waals surface area contributed by atoms with Crippen molar-refractivity contribution in [3.8, 4) is 0 Å². The Morgan fingerprint density at radius 3 is 2.64 bits per heavy atom. The van der Waals surface area contributed by atoms with Gasteiger partial charge in [-0.05, 0) is 36.5 Å². The quantitative estimate of drug-likeness (QED) is 0.662. The second-order valence-corrected chi connectivity index (χ2v) is 5.49. The lowest BCUT2D eigenvalue weighted by molar-refractivity contribution is -0.119. The van der Waals surface area contributed by atoms with Gasteiger partial charge < -0.3 is 11.5 Å². The molecule has 0 fully saturated rings. The Hall–Kier alpha value is -2.43. The third-order valence-corrected chi connectivity index (χ3v) is 3.82. The smallest absolute Gasteiger partial charge is 0.256 e. The Morgan fingerprint density at radius 1 is 1.36 bits per heavy atom. The van der Waals surface area contributed by atoms with Crippen molar-refractivity contribution in [3.63, 3.8) is 0 Å². The molecule has 1 aromatic carbocycles. The van der Waals surface area contributed by atoms with Crippen molar-refractivity contribution < 1.29 is 9.18 Å². The van der Waals surface area contributed by atoms with Crippen LogP contribution in [0, 0.1) is 11.7 Å². The number of aliphatic imine (C=N–C) groups is 1. The van der Waals surface area contributed by atoms with Crippen LogP contribution in [0.3, 0.4) is 0 Å². The van der Waals surface area contributed by atoms with Gasteiger partial charge in [0.25, 0.3) is 5.91 Å². The van der Waals surface area contributed by atoms with E-state index in [4.69, 9.17) is 11.5 Å². The molecular formula is C17H20FN3O. The molecule has 2 unspecified atom stereocenters. The molecule has 1 aliphatic carbocycles. The summed E-state index contributed by atoms with van der Waals surface area (Å²) in [6.07, 6.45) is 7.57. The van der Waals surface area contributed by atoms with E-state index < -0.39 is 11.8 Å². The molecule has 2 rings (SSSR count). The number of guanidine groups is 1. The highest BCUT2D eigenvalue weighted by atomic mass is 19.1. The zero-order chi connectivity index (χ0) is 16.1. The van der Waals surface area contributed by atoms with Gasteiger partial charge in [0.2, 0.25) is 0 Å². The monoisotopic (exact) mass is 301 g/mol. The third kappa shape index (κ3) is 4.04. The minimum atomic E-state index is -0.511. The molecule has 0 saturated heterocycles. The number of nitrogens with zero attached hydrogens (tertiary/aromatic N) is 1. The zero-order valence-corrected chi connectivity index (χ0v) is 12.5. The van der Waals surface area contributed by atoms with Crippen LogP contribution in [0.15, 0.2) is 53.1 Å². The summed E-state index contributed by atoms with van der Waals surface area (Å²) in [5.41, 5.74) is 12.5. The first-order valence-corrected chi connectivity index (χ1v) is 7.22. The lowest BCUT2D eigenvalue weighted by Gasteiger charge is -2.22. The summed E-state index contributed by atoms with van der Waals surface area (Å²) in [6, 6.07) is 5.88. The summed E-state index contributed by atoms with van der Waals surface area (Å²) in [5.74, 6) is -1.16. The van der Waals surface area contributed by atoms with Crippen molar-refractivity contribution in [3.05, 3.63) is 59.4 Å². The fourth-order valence-corrected chi connectivity index (χ4v) is 2.54. The Balaban J connectivity index is 2.31. The van der Waals surface area contributed by atoms with E-state index in [2.05, 4.69) is 18.0 Å². The summed E-state index contributed by atoms with van der Waals surface area (Å²) in [5, 5.41) is 0. The molecule has 0 aromatic heterocycles. The van der Waals surface area contributed by atoms with E-state index >= 15 is 0 Å². The van der Waals surface area contributed by atoms with Gasteiger partial charge in [0.15, 0.2) is 5.96 Å². The average Bonchev–Trinajstić information content (AvgIpc) is 2.47. The van der Waals surface area contributed by atoms with E-state index in [1.165, 1.54) is 12.1 Å². The summed E-state index contributed by atoms with van der Waals surface area (Å²) in [4.78, 5) is 16.0. The van der Waals surface area contributed by atoms with Crippen molar-refractivity contribution in [1.29, 1.82) is 0 Å². The van der Waals surface area contributed by atoms with Crippen LogP contribution in [-0.4, -0.2) is 11.9 Å². The normalized spacial score (nSPS) is 18.5. The second kappa shape index (κ2) is 7.02. The number of nitrogens with two attached hydrogens (primary N) is 2. The molecule has 0 bridgehead atoms. The van der Waals surface area contributed by atoms with E-state index in [9.17, 15) is 9.18 Å². The molecule has 1 aromatic rings. The molecule has 0 spiro atoms. The minimum absolute atomic E-state index is 0.261. The van der Waals surface area contributed by atoms with Gasteiger partial charge in [0.1, 0.15) is 5.82 Å². The summed E-state index contributed by atoms with van der Waals surface area (Å²) in [7, 11) is 0. The lowest BCUT2D eigenvalue weighted by atomic mass is 9.83. The first-order chi connectivity index (χ1) is 10.5. The molecule has 4 nitrogen and oxygen atoms in total. The first-order valence-electron chi connectivity index (χ1n) is 7.22. The van der Waals surface area contributed by atoms with Gasteiger partial charge in [-0.1, -0.05) is 42.9 Å². The van der Waals surface area contributed by atoms with Crippen molar-refractivity contribution in [1.82, 2.24) is 0 Å². The fourth-order valence-electron chi connectivity index (χ4n) is 2.54. The lowest BCUT2D eigenvalue weighted by Crippen LogP contribution is -2.26. The molecule has 116 valence electrons. The van der Waals surface area contributed by atoms with Gasteiger partial charge in [0, 0.05) is 0 Å². The van der Waals surface area contributed by atoms with E-state index in [0.29, 0.717) is 17.9 Å². The molecule has 1 amide bonds. The van der Waals surface area contributed by atoms with Gasteiger partial charge in [-0.15, -0.1) is 0 Å². The molecule has 5 heteroatoms. The number of allylic oxidation sites excluding steroid dienone is 4. The molecule has 0 heterocycles. The SMILES string of the molecule is CC1CC=CC=C1CC(C(=O)N=C(N)N)c1ccc(F)cc1. The number of carbonyl (C=O) groups excluding carboxylic acids is 1. The standard InChI is InChI=1S/C17H20FN3O/c1-11-4-2-3-5-13(11)10-15(16(22)21-17(19)20)12-6-8-14(18)9-7-12/h2-3,5-9,11,15H,4,10H2,1H3,(H4,19,20,21,22). The van der Waals surface area contributed by atoms with Crippen molar-refractivity contribution in [2.75, 3.05) is 0 Å². The van der Waals surface area contributed by atoms with Crippen molar-refractivity contribution >= 4 is 11.9 Å². The minimum Gasteiger partial charge on any atom is -0.370 e. The average molecular weight is 301 g/mol. The number of hydrogen-bond acceptors (Lipinski definition) is 1. The molecule has 2 atom stereocenters. The van der Waals surface area contributed by atoms with Crippen LogP contribution in [0.1, 0.15) is 31.2 Å². The van der Waals surface area contributed by atoms with E-state index in [0.717, 1.165) is 12.0 Å². The maximum Gasteiger partial charge on any atom is 0.256 e. The number of carbonyl (C=O) groups is 1. The van der Waals surface area contributed by atoms with E-state index in [-0.39, 0.29) is 11.8 Å². The molecule has 4 N–H and O–H groups in total. The zero-order valence-electron chi connectivity index (χ0n) is 12.5. The Bertz CT molecular complexity index is 628. The van der Waals surface area contributed by atoms with Gasteiger partial charge in [-0.25, -0.2) is 4.39 Å². The summed E-state index contributed by atoms with van der Waals surface area (Å²) in [6.45, 7) is 2.11. The van der Waals surface area contributed by atoms with Crippen LogP contribution in [-0.2, 0) is 4.79 Å². The predicted octanol–water partition coefficient (Wildman–Crippen LogP) is 2.62. The summed E-state index contributed by atoms with van der Waals surface area (Å²) < 4.78 is 13.1. The number of halogens is 1. The number of rotatable bonds is 4. The van der Waals surface area contributed by atoms with Gasteiger partial charge in [-0.2, -0.15) is 4.99 Å². The highest BCUT2D eigenvalue weighted by molar-refractivity contribution is 5.95. The Labute approximate surface area is 129 Å². The van der Waals surface area contributed by atoms with Crippen LogP contribution in [0.5, 0.6) is 0 Å². The third-order valence-electron chi connectivity index (χ3n) is 3.82. The van der Waals surface area contributed by atoms with Crippen LogP contribution in [0.25, 0.3) is 0 Å². The largest absolute Gasteiger partial charge is 0.370 e. The topological polar surface area (TPSA) is 81.5 Å². The molecular weight excluding hydrogens is 281 g/mol. The van der Waals surface area contributed by atoms with Crippen LogP contribution < -0.4 is 11.5 Å². The molecule has 0 aliphatic heterocycles. The van der Waals surface area contributed by atoms with Crippen molar-refractivity contribution in [2.24, 2.45) is 22.4 Å². The molecule has 22 heavy (non-hydrogen) atoms. The van der Waals surface area contributed by atoms with Gasteiger partial charge >= 0.3 is 0 Å². The van der Waals surface area contributed by atoms with Crippen LogP contribution in [0.4, 0.5) is 4.39 Å². The second-order valence-electron chi connectivity index (χ2n) is 5.49. The number of benzene rings is 1. The maximum absolute atomic E-state index is 13.1. The number of hydrogen-bond donors (Lipinski definition) is 2. The highest BCUT2D eigenvalue weighted by Crippen LogP contribution is 2.31. The van der Waals surface area contributed by atoms with E-state index in [1.807, 2.05) is 12.2 Å². The maximum atomic E-state index is 13.1. The van der Waals surface area contributed by atoms with Crippen LogP contribution >= 0.6 is 0 Å². The Morgan fingerprint density at radius 2 is 2.05 bits per heavy atom. The molecule has 1 aliphatic rings. The summed E-state index contributed by atoms with van der Waals surface area (Å²) >= 11 is 0. The van der Waals surface area contributed by atoms with E-state index in [1.54, 1.807) is 12.1 Å². The predicted molar refractivity (Wildman–Crippen MR) is 85.6 cm³/mol. The number of amides is 1. The fraction of sp³-hybridized carbons (Fsp3) is 0.294. The molecule has 0 radical (unpaired) electrons.